The molecule has 0 amide bonds. The highest BCUT2D eigenvalue weighted by atomic mass is 79.9. The highest BCUT2D eigenvalue weighted by Gasteiger charge is 2.28. The summed E-state index contributed by atoms with van der Waals surface area (Å²) in [6.45, 7) is 2.21. The van der Waals surface area contributed by atoms with Crippen molar-refractivity contribution in [2.75, 3.05) is 26.7 Å². The number of nitrogens with zero attached hydrogens (tertiary/aromatic N) is 1. The van der Waals surface area contributed by atoms with Crippen LogP contribution in [0.1, 0.15) is 24.4 Å². The van der Waals surface area contributed by atoms with Crippen molar-refractivity contribution in [3.8, 4) is 5.75 Å². The SMILES string of the molecule is COc1ccccc1C(CNS(=O)(=O)c1ccccc1Br)N1CCCC1. The summed E-state index contributed by atoms with van der Waals surface area (Å²) in [4.78, 5) is 2.57. The molecular formula is C19H23BrN2O3S. The standard InChI is InChI=1S/C19H23BrN2O3S/c1-25-18-10-4-2-8-15(18)17(22-12-6-7-13-22)14-21-26(23,24)19-11-5-3-9-16(19)20/h2-5,8-11,17,21H,6-7,12-14H2,1H3. The third kappa shape index (κ3) is 4.28. The zero-order valence-corrected chi connectivity index (χ0v) is 17.1. The molecule has 0 spiro atoms. The van der Waals surface area contributed by atoms with Gasteiger partial charge in [0.2, 0.25) is 10.0 Å². The Kier molecular flexibility index (Phi) is 6.34. The second-order valence-electron chi connectivity index (χ2n) is 6.28. The molecule has 0 radical (unpaired) electrons. The third-order valence-electron chi connectivity index (χ3n) is 4.67. The van der Waals surface area contributed by atoms with Crippen LogP contribution in [0.25, 0.3) is 0 Å². The molecule has 1 atom stereocenters. The number of likely N-dealkylation sites (tertiary alicyclic amines) is 1. The van der Waals surface area contributed by atoms with Gasteiger partial charge in [0.1, 0.15) is 5.75 Å². The minimum atomic E-state index is -3.61. The van der Waals surface area contributed by atoms with E-state index in [4.69, 9.17) is 4.74 Å². The first-order chi connectivity index (χ1) is 12.5. The van der Waals surface area contributed by atoms with Gasteiger partial charge in [0.15, 0.2) is 0 Å². The molecule has 140 valence electrons. The molecule has 0 aromatic heterocycles. The van der Waals surface area contributed by atoms with E-state index in [9.17, 15) is 8.42 Å². The maximum atomic E-state index is 12.8. The van der Waals surface area contributed by atoms with E-state index < -0.39 is 10.0 Å². The largest absolute Gasteiger partial charge is 0.496 e. The number of hydrogen-bond acceptors (Lipinski definition) is 4. The first-order valence-corrected chi connectivity index (χ1v) is 10.9. The lowest BCUT2D eigenvalue weighted by molar-refractivity contribution is 0.240. The first-order valence-electron chi connectivity index (χ1n) is 8.64. The van der Waals surface area contributed by atoms with Crippen LogP contribution in [0, 0.1) is 0 Å². The Hall–Kier alpha value is -1.41. The summed E-state index contributed by atoms with van der Waals surface area (Å²) in [6.07, 6.45) is 2.26. The van der Waals surface area contributed by atoms with Crippen LogP contribution in [0.15, 0.2) is 57.9 Å². The van der Waals surface area contributed by atoms with Crippen LogP contribution in [0.2, 0.25) is 0 Å². The fourth-order valence-corrected chi connectivity index (χ4v) is 5.40. The Bertz CT molecular complexity index is 851. The number of methoxy groups -OCH3 is 1. The number of ether oxygens (including phenoxy) is 1. The Morgan fingerprint density at radius 1 is 1.12 bits per heavy atom. The predicted molar refractivity (Wildman–Crippen MR) is 106 cm³/mol. The maximum Gasteiger partial charge on any atom is 0.241 e. The van der Waals surface area contributed by atoms with E-state index >= 15 is 0 Å². The summed E-state index contributed by atoms with van der Waals surface area (Å²) in [5.74, 6) is 0.782. The summed E-state index contributed by atoms with van der Waals surface area (Å²) in [5, 5.41) is 0. The lowest BCUT2D eigenvalue weighted by Gasteiger charge is -2.29. The molecule has 1 heterocycles. The quantitative estimate of drug-likeness (QED) is 0.717. The van der Waals surface area contributed by atoms with Crippen molar-refractivity contribution in [3.63, 3.8) is 0 Å². The summed E-state index contributed by atoms with van der Waals surface area (Å²) in [7, 11) is -1.96. The summed E-state index contributed by atoms with van der Waals surface area (Å²) < 4.78 is 34.4. The van der Waals surface area contributed by atoms with Gasteiger partial charge in [-0.1, -0.05) is 30.3 Å². The molecule has 7 heteroatoms. The van der Waals surface area contributed by atoms with Crippen LogP contribution >= 0.6 is 15.9 Å². The third-order valence-corrected chi connectivity index (χ3v) is 7.11. The van der Waals surface area contributed by atoms with Crippen molar-refractivity contribution in [3.05, 3.63) is 58.6 Å². The molecule has 5 nitrogen and oxygen atoms in total. The average Bonchev–Trinajstić information content (AvgIpc) is 3.17. The number of rotatable bonds is 7. The van der Waals surface area contributed by atoms with Gasteiger partial charge in [-0.2, -0.15) is 0 Å². The van der Waals surface area contributed by atoms with Crippen molar-refractivity contribution in [1.29, 1.82) is 0 Å². The molecule has 1 N–H and O–H groups in total. The van der Waals surface area contributed by atoms with Crippen LogP contribution in [0.3, 0.4) is 0 Å². The van der Waals surface area contributed by atoms with E-state index in [0.29, 0.717) is 11.0 Å². The van der Waals surface area contributed by atoms with Gasteiger partial charge in [-0.05, 0) is 60.1 Å². The fourth-order valence-electron chi connectivity index (χ4n) is 3.36. The molecule has 2 aromatic rings. The lowest BCUT2D eigenvalue weighted by atomic mass is 10.0. The normalized spacial score (nSPS) is 16.5. The Morgan fingerprint density at radius 3 is 2.46 bits per heavy atom. The van der Waals surface area contributed by atoms with Gasteiger partial charge in [-0.15, -0.1) is 0 Å². The molecule has 1 unspecified atom stereocenters. The van der Waals surface area contributed by atoms with Crippen LogP contribution in [-0.4, -0.2) is 40.1 Å². The van der Waals surface area contributed by atoms with Gasteiger partial charge < -0.3 is 4.74 Å². The van der Waals surface area contributed by atoms with Crippen molar-refractivity contribution >= 4 is 26.0 Å². The highest BCUT2D eigenvalue weighted by Crippen LogP contribution is 2.31. The van der Waals surface area contributed by atoms with E-state index in [1.165, 1.54) is 0 Å². The van der Waals surface area contributed by atoms with Crippen molar-refractivity contribution in [2.45, 2.75) is 23.8 Å². The summed E-state index contributed by atoms with van der Waals surface area (Å²) in [5.41, 5.74) is 1.01. The number of nitrogens with one attached hydrogen (secondary N) is 1. The van der Waals surface area contributed by atoms with Crippen LogP contribution in [0.5, 0.6) is 5.75 Å². The number of hydrogen-bond donors (Lipinski definition) is 1. The minimum Gasteiger partial charge on any atom is -0.496 e. The van der Waals surface area contributed by atoms with E-state index in [-0.39, 0.29) is 10.9 Å². The lowest BCUT2D eigenvalue weighted by Crippen LogP contribution is -2.37. The van der Waals surface area contributed by atoms with Crippen molar-refractivity contribution < 1.29 is 13.2 Å². The summed E-state index contributed by atoms with van der Waals surface area (Å²) in [6, 6.07) is 14.6. The topological polar surface area (TPSA) is 58.6 Å². The molecule has 1 saturated heterocycles. The average molecular weight is 439 g/mol. The van der Waals surface area contributed by atoms with Crippen LogP contribution in [-0.2, 0) is 10.0 Å². The second kappa shape index (κ2) is 8.52. The molecule has 1 fully saturated rings. The van der Waals surface area contributed by atoms with Crippen molar-refractivity contribution in [1.82, 2.24) is 9.62 Å². The zero-order chi connectivity index (χ0) is 18.6. The second-order valence-corrected chi connectivity index (χ2v) is 8.87. The molecule has 3 rings (SSSR count). The molecule has 26 heavy (non-hydrogen) atoms. The van der Waals surface area contributed by atoms with Gasteiger partial charge in [-0.3, -0.25) is 4.90 Å². The number of para-hydroxylation sites is 1. The highest BCUT2D eigenvalue weighted by molar-refractivity contribution is 9.10. The predicted octanol–water partition coefficient (Wildman–Crippen LogP) is 3.57. The van der Waals surface area contributed by atoms with Crippen LogP contribution in [0.4, 0.5) is 0 Å². The molecule has 0 aliphatic carbocycles. The van der Waals surface area contributed by atoms with E-state index in [1.807, 2.05) is 24.3 Å². The Balaban J connectivity index is 1.86. The summed E-state index contributed by atoms with van der Waals surface area (Å²) >= 11 is 3.32. The Labute approximate surface area is 163 Å². The Morgan fingerprint density at radius 2 is 1.77 bits per heavy atom. The van der Waals surface area contributed by atoms with Gasteiger partial charge in [0.05, 0.1) is 18.0 Å². The molecule has 1 aliphatic rings. The van der Waals surface area contributed by atoms with Gasteiger partial charge >= 0.3 is 0 Å². The molecule has 0 saturated carbocycles. The van der Waals surface area contributed by atoms with E-state index in [1.54, 1.807) is 31.4 Å². The minimum absolute atomic E-state index is 0.0640. The first kappa shape index (κ1) is 19.4. The molecular weight excluding hydrogens is 416 g/mol. The molecule has 2 aromatic carbocycles. The van der Waals surface area contributed by atoms with Gasteiger partial charge in [-0.25, -0.2) is 13.1 Å². The molecule has 0 bridgehead atoms. The monoisotopic (exact) mass is 438 g/mol. The molecule has 1 aliphatic heterocycles. The number of halogens is 1. The number of sulfonamides is 1. The van der Waals surface area contributed by atoms with E-state index in [0.717, 1.165) is 37.2 Å². The smallest absolute Gasteiger partial charge is 0.241 e. The maximum absolute atomic E-state index is 12.8. The van der Waals surface area contributed by atoms with E-state index in [2.05, 4.69) is 25.6 Å². The zero-order valence-electron chi connectivity index (χ0n) is 14.7. The van der Waals surface area contributed by atoms with Crippen molar-refractivity contribution in [2.24, 2.45) is 0 Å². The van der Waals surface area contributed by atoms with Crippen LogP contribution < -0.4 is 9.46 Å². The van der Waals surface area contributed by atoms with Gasteiger partial charge in [0.25, 0.3) is 0 Å². The van der Waals surface area contributed by atoms with Gasteiger partial charge in [0, 0.05) is 16.6 Å². The fraction of sp³-hybridized carbons (Fsp3) is 0.368. The number of benzene rings is 2.